The molecular weight excluding hydrogens is 144 g/mol. The maximum Gasteiger partial charge on any atom is 0.152 e. The second-order valence-corrected chi connectivity index (χ2v) is 4.12. The molecule has 1 aliphatic carbocycles. The van der Waals surface area contributed by atoms with Gasteiger partial charge in [0.05, 0.1) is 0 Å². The lowest BCUT2D eigenvalue weighted by molar-refractivity contribution is 0.591. The molecule has 0 saturated heterocycles. The highest BCUT2D eigenvalue weighted by molar-refractivity contribution is 7.23. The van der Waals surface area contributed by atoms with E-state index < -0.39 is 10.8 Å². The van der Waals surface area contributed by atoms with Crippen LogP contribution in [0.3, 0.4) is 0 Å². The number of hydrogen-bond donors (Lipinski definition) is 0. The third-order valence-corrected chi connectivity index (χ3v) is 3.43. The van der Waals surface area contributed by atoms with Crippen molar-refractivity contribution in [1.29, 1.82) is 0 Å². The predicted molar refractivity (Wildman–Crippen MR) is 41.7 cm³/mol. The zero-order valence-electron chi connectivity index (χ0n) is 5.80. The Morgan fingerprint density at radius 3 is 2.90 bits per heavy atom. The molecule has 10 heavy (non-hydrogen) atoms. The van der Waals surface area contributed by atoms with Crippen molar-refractivity contribution < 1.29 is 4.55 Å². The SMILES string of the molecule is [O-][s+]1ccc2c1CCCC2. The topological polar surface area (TPSA) is 23.1 Å². The van der Waals surface area contributed by atoms with Gasteiger partial charge in [0.1, 0.15) is 5.38 Å². The Morgan fingerprint density at radius 2 is 2.10 bits per heavy atom. The second kappa shape index (κ2) is 2.36. The van der Waals surface area contributed by atoms with Crippen molar-refractivity contribution >= 4 is 10.8 Å². The van der Waals surface area contributed by atoms with Crippen molar-refractivity contribution in [2.45, 2.75) is 25.7 Å². The third kappa shape index (κ3) is 0.879. The van der Waals surface area contributed by atoms with Crippen LogP contribution in [0.1, 0.15) is 23.3 Å². The molecule has 0 fully saturated rings. The maximum absolute atomic E-state index is 11.2. The molecule has 0 amide bonds. The molecule has 1 heterocycles. The molecule has 54 valence electrons. The van der Waals surface area contributed by atoms with Gasteiger partial charge < -0.3 is 4.55 Å². The summed E-state index contributed by atoms with van der Waals surface area (Å²) in [6, 6.07) is 2.03. The average molecular weight is 154 g/mol. The molecule has 1 nitrogen and oxygen atoms in total. The fourth-order valence-electron chi connectivity index (χ4n) is 1.53. The quantitative estimate of drug-likeness (QED) is 0.526. The van der Waals surface area contributed by atoms with Gasteiger partial charge in [-0.05, 0) is 25.3 Å². The molecule has 0 radical (unpaired) electrons. The molecule has 1 aromatic heterocycles. The molecular formula is C8H10OS. The van der Waals surface area contributed by atoms with E-state index in [0.29, 0.717) is 0 Å². The highest BCUT2D eigenvalue weighted by atomic mass is 32.2. The average Bonchev–Trinajstić information content (AvgIpc) is 2.34. The summed E-state index contributed by atoms with van der Waals surface area (Å²) in [6.45, 7) is 0. The van der Waals surface area contributed by atoms with E-state index in [0.717, 1.165) is 12.8 Å². The van der Waals surface area contributed by atoms with Gasteiger partial charge in [-0.3, -0.25) is 0 Å². The molecule has 0 spiro atoms. The largest absolute Gasteiger partial charge is 0.590 e. The van der Waals surface area contributed by atoms with Crippen molar-refractivity contribution in [1.82, 2.24) is 0 Å². The molecule has 0 aliphatic heterocycles. The van der Waals surface area contributed by atoms with Crippen LogP contribution in [-0.2, 0) is 12.8 Å². The highest BCUT2D eigenvalue weighted by Gasteiger charge is 2.16. The fourth-order valence-corrected chi connectivity index (χ4v) is 2.76. The number of aryl methyl sites for hydroxylation is 1. The highest BCUT2D eigenvalue weighted by Crippen LogP contribution is 2.31. The first-order valence-corrected chi connectivity index (χ1v) is 4.90. The smallest absolute Gasteiger partial charge is 0.152 e. The normalized spacial score (nSPS) is 18.7. The van der Waals surface area contributed by atoms with Gasteiger partial charge in [-0.2, -0.15) is 0 Å². The number of fused-ring (bicyclic) bond motifs is 1. The van der Waals surface area contributed by atoms with Crippen molar-refractivity contribution in [3.05, 3.63) is 21.9 Å². The summed E-state index contributed by atoms with van der Waals surface area (Å²) in [7, 11) is -0.740. The lowest BCUT2D eigenvalue weighted by Crippen LogP contribution is -1.97. The lowest BCUT2D eigenvalue weighted by atomic mass is 10.00. The Kier molecular flexibility index (Phi) is 1.51. The molecule has 2 rings (SSSR count). The van der Waals surface area contributed by atoms with E-state index in [9.17, 15) is 4.55 Å². The monoisotopic (exact) mass is 154 g/mol. The molecule has 1 aliphatic rings. The minimum absolute atomic E-state index is 0.740. The van der Waals surface area contributed by atoms with Gasteiger partial charge in [0.15, 0.2) is 4.88 Å². The number of hydrogen-bond acceptors (Lipinski definition) is 1. The van der Waals surface area contributed by atoms with E-state index in [4.69, 9.17) is 0 Å². The van der Waals surface area contributed by atoms with Gasteiger partial charge in [0.2, 0.25) is 0 Å². The van der Waals surface area contributed by atoms with Crippen LogP contribution < -0.4 is 0 Å². The van der Waals surface area contributed by atoms with E-state index in [2.05, 4.69) is 0 Å². The van der Waals surface area contributed by atoms with Crippen LogP contribution in [0, 0.1) is 0 Å². The predicted octanol–water partition coefficient (Wildman–Crippen LogP) is 2.29. The molecule has 1 aromatic rings. The standard InChI is InChI=1S/C8H10OS/c9-10-6-5-7-3-1-2-4-8(7)10/h5-6H,1-4H2. The zero-order chi connectivity index (χ0) is 6.97. The van der Waals surface area contributed by atoms with Gasteiger partial charge in [-0.15, -0.1) is 0 Å². The first-order valence-electron chi connectivity index (χ1n) is 3.69. The third-order valence-electron chi connectivity index (χ3n) is 2.09. The summed E-state index contributed by atoms with van der Waals surface area (Å²) in [5, 5.41) is 1.82. The second-order valence-electron chi connectivity index (χ2n) is 2.76. The number of thiophene rings is 1. The van der Waals surface area contributed by atoms with Crippen molar-refractivity contribution in [2.24, 2.45) is 0 Å². The van der Waals surface area contributed by atoms with E-state index in [-0.39, 0.29) is 0 Å². The molecule has 0 N–H and O–H groups in total. The Hall–Kier alpha value is -0.340. The van der Waals surface area contributed by atoms with E-state index >= 15 is 0 Å². The van der Waals surface area contributed by atoms with Gasteiger partial charge in [-0.1, -0.05) is 10.8 Å². The van der Waals surface area contributed by atoms with Crippen LogP contribution in [0.15, 0.2) is 11.4 Å². The Balaban J connectivity index is 2.45. The van der Waals surface area contributed by atoms with Crippen molar-refractivity contribution in [3.63, 3.8) is 0 Å². The molecule has 0 bridgehead atoms. The van der Waals surface area contributed by atoms with E-state index in [1.807, 2.05) is 11.4 Å². The van der Waals surface area contributed by atoms with Crippen LogP contribution in [0.2, 0.25) is 0 Å². The van der Waals surface area contributed by atoms with Crippen LogP contribution in [0.25, 0.3) is 0 Å². The minimum atomic E-state index is -0.740. The lowest BCUT2D eigenvalue weighted by Gasteiger charge is -2.07. The van der Waals surface area contributed by atoms with Gasteiger partial charge >= 0.3 is 0 Å². The van der Waals surface area contributed by atoms with E-state index in [1.54, 1.807) is 0 Å². The zero-order valence-corrected chi connectivity index (χ0v) is 6.62. The fraction of sp³-hybridized carbons (Fsp3) is 0.500. The summed E-state index contributed by atoms with van der Waals surface area (Å²) in [5.74, 6) is 0. The first-order chi connectivity index (χ1) is 4.88. The van der Waals surface area contributed by atoms with Crippen LogP contribution in [-0.4, -0.2) is 4.55 Å². The molecule has 1 atom stereocenters. The van der Waals surface area contributed by atoms with Crippen LogP contribution >= 0.6 is 10.8 Å². The minimum Gasteiger partial charge on any atom is -0.590 e. The first kappa shape index (κ1) is 6.38. The molecule has 2 heteroatoms. The van der Waals surface area contributed by atoms with E-state index in [1.165, 1.54) is 23.3 Å². The molecule has 0 aromatic carbocycles. The van der Waals surface area contributed by atoms with Gasteiger partial charge in [0.25, 0.3) is 0 Å². The summed E-state index contributed by atoms with van der Waals surface area (Å²) >= 11 is 0. The van der Waals surface area contributed by atoms with Crippen molar-refractivity contribution in [2.75, 3.05) is 0 Å². The van der Waals surface area contributed by atoms with Crippen LogP contribution in [0.4, 0.5) is 0 Å². The number of rotatable bonds is 0. The summed E-state index contributed by atoms with van der Waals surface area (Å²) in [4.78, 5) is 1.20. The Morgan fingerprint density at radius 1 is 1.30 bits per heavy atom. The summed E-state index contributed by atoms with van der Waals surface area (Å²) < 4.78 is 11.2. The molecule has 1 unspecified atom stereocenters. The summed E-state index contributed by atoms with van der Waals surface area (Å²) in [5.41, 5.74) is 1.35. The van der Waals surface area contributed by atoms with Crippen molar-refractivity contribution in [3.8, 4) is 0 Å². The van der Waals surface area contributed by atoms with Crippen LogP contribution in [0.5, 0.6) is 0 Å². The Labute approximate surface area is 63.5 Å². The summed E-state index contributed by atoms with van der Waals surface area (Å²) in [6.07, 6.45) is 4.72. The maximum atomic E-state index is 11.2. The van der Waals surface area contributed by atoms with Gasteiger partial charge in [-0.25, -0.2) is 0 Å². The molecule has 0 saturated carbocycles. The van der Waals surface area contributed by atoms with Gasteiger partial charge in [0, 0.05) is 12.0 Å². The Bertz CT molecular complexity index is 239.